The highest BCUT2D eigenvalue weighted by Crippen LogP contribution is 2.53. The molecular weight excluding hydrogens is 1580 g/mol. The average molecular weight is 1700 g/mol. The lowest BCUT2D eigenvalue weighted by atomic mass is 9.95. The van der Waals surface area contributed by atoms with E-state index >= 15 is 8.78 Å². The van der Waals surface area contributed by atoms with Crippen LogP contribution in [0, 0.1) is 51.2 Å². The zero-order valence-corrected chi connectivity index (χ0v) is 75.7. The zero-order valence-electron chi connectivity index (χ0n) is 72.4. The molecule has 8 aromatic heterocycles. The van der Waals surface area contributed by atoms with Crippen molar-refractivity contribution < 1.29 is 27.1 Å². The Hall–Kier alpha value is -10.2. The van der Waals surface area contributed by atoms with Crippen LogP contribution in [0.3, 0.4) is 0 Å². The van der Waals surface area contributed by atoms with Crippen LogP contribution in [0.4, 0.5) is 8.78 Å². The predicted octanol–water partition coefficient (Wildman–Crippen LogP) is 34.2. The summed E-state index contributed by atoms with van der Waals surface area (Å²) in [4.78, 5) is 30.6. The number of nitrogens with zero attached hydrogens (tertiary/aromatic N) is 4. The Balaban J connectivity index is 0.803. The molecule has 0 spiro atoms. The van der Waals surface area contributed by atoms with Crippen molar-refractivity contribution in [2.75, 3.05) is 13.2 Å². The Bertz CT molecular complexity index is 6240. The molecule has 0 amide bonds. The lowest BCUT2D eigenvalue weighted by molar-refractivity contribution is 0.304. The molecule has 8 heterocycles. The van der Waals surface area contributed by atoms with Gasteiger partial charge in [0.1, 0.15) is 39.7 Å². The van der Waals surface area contributed by atoms with E-state index in [9.17, 15) is 0 Å². The van der Waals surface area contributed by atoms with Crippen molar-refractivity contribution in [2.24, 2.45) is 11.8 Å². The van der Waals surface area contributed by atoms with Crippen molar-refractivity contribution in [3.05, 3.63) is 238 Å². The lowest BCUT2D eigenvalue weighted by Gasteiger charge is -2.15. The molecule has 0 radical (unpaired) electrons. The lowest BCUT2D eigenvalue weighted by Crippen LogP contribution is -2.01. The van der Waals surface area contributed by atoms with Crippen LogP contribution < -0.4 is 9.47 Å². The first-order valence-corrected chi connectivity index (χ1v) is 48.1. The van der Waals surface area contributed by atoms with Gasteiger partial charge < -0.3 is 18.3 Å². The summed E-state index contributed by atoms with van der Waals surface area (Å²) < 4.78 is 62.7. The Kier molecular flexibility index (Phi) is 27.7. The fourth-order valence-electron chi connectivity index (χ4n) is 17.4. The van der Waals surface area contributed by atoms with Gasteiger partial charge >= 0.3 is 0 Å². The first-order chi connectivity index (χ1) is 59.7. The minimum atomic E-state index is -0.925. The van der Waals surface area contributed by atoms with Crippen molar-refractivity contribution in [3.63, 3.8) is 0 Å². The van der Waals surface area contributed by atoms with Gasteiger partial charge in [0.2, 0.25) is 0 Å². The Morgan fingerprint density at radius 3 is 1.20 bits per heavy atom. The van der Waals surface area contributed by atoms with Gasteiger partial charge in [-0.1, -0.05) is 247 Å². The van der Waals surface area contributed by atoms with E-state index in [0.29, 0.717) is 63.0 Å². The number of hydrogen-bond acceptors (Lipinski definition) is 12. The van der Waals surface area contributed by atoms with Gasteiger partial charge in [0.25, 0.3) is 0 Å². The topological polar surface area (TPSA) is 96.3 Å². The normalized spacial score (nSPS) is 12.3. The van der Waals surface area contributed by atoms with E-state index in [4.69, 9.17) is 38.2 Å². The molecule has 0 saturated heterocycles. The molecule has 0 aliphatic heterocycles. The van der Waals surface area contributed by atoms with E-state index in [2.05, 4.69) is 203 Å². The molecule has 0 fully saturated rings. The number of aryl methyl sites for hydroxylation is 4. The molecule has 0 N–H and O–H groups in total. The van der Waals surface area contributed by atoms with Gasteiger partial charge in [0.05, 0.1) is 52.5 Å². The SMILES string of the molecule is CCCCCCCCOc1cccc(-c2nc3c(C)ccc(-c4ccc(-c5ccc(-c6ccc(-c7ccc(-c8cc9c(-c%10ccc(CC(CC)CCCC)s%10)c%10oc(C)cc%10c(-c%10ccc(CC(CC)CCCC)s%10)c9o8)c8nc(-c9cccc(C)c9)c(-c9cccc(OCCCCCCCC)c9)nc78)s6)c(F)c5F)s4)c3nc2-c2cccc(C)c2)c1. The second kappa shape index (κ2) is 39.5. The zero-order chi connectivity index (χ0) is 84.3. The van der Waals surface area contributed by atoms with Crippen LogP contribution in [0.1, 0.15) is 202 Å². The third-order valence-electron chi connectivity index (χ3n) is 24.3. The number of furan rings is 2. The predicted molar refractivity (Wildman–Crippen MR) is 514 cm³/mol. The summed E-state index contributed by atoms with van der Waals surface area (Å²) in [6.07, 6.45) is 25.7. The third-order valence-corrected chi connectivity index (χ3v) is 28.8. The number of ether oxygens (including phenoxy) is 2. The molecule has 626 valence electrons. The van der Waals surface area contributed by atoms with Gasteiger partial charge in [-0.2, -0.15) is 0 Å². The number of rotatable bonds is 39. The summed E-state index contributed by atoms with van der Waals surface area (Å²) in [5.74, 6) is 2.41. The van der Waals surface area contributed by atoms with Crippen LogP contribution in [0.15, 0.2) is 203 Å². The molecule has 14 heteroatoms. The molecule has 16 aromatic rings. The van der Waals surface area contributed by atoms with Crippen molar-refractivity contribution >= 4 is 89.4 Å². The molecule has 122 heavy (non-hydrogen) atoms. The maximum absolute atomic E-state index is 17.6. The summed E-state index contributed by atoms with van der Waals surface area (Å²) in [5.41, 5.74) is 18.9. The van der Waals surface area contributed by atoms with Gasteiger partial charge in [-0.25, -0.2) is 28.7 Å². The molecule has 8 aromatic carbocycles. The summed E-state index contributed by atoms with van der Waals surface area (Å²) >= 11 is 6.54. The maximum atomic E-state index is 17.6. The number of fused-ring (bicyclic) bond motifs is 4. The summed E-state index contributed by atoms with van der Waals surface area (Å²) in [7, 11) is 0. The van der Waals surface area contributed by atoms with Gasteiger partial charge in [-0.15, -0.1) is 45.3 Å². The number of aromatic nitrogens is 4. The molecule has 0 aliphatic carbocycles. The minimum absolute atomic E-state index is 0.162. The molecular formula is C108H112F2N4O4S4. The summed E-state index contributed by atoms with van der Waals surface area (Å²) in [6.45, 7) is 23.3. The smallest absolute Gasteiger partial charge is 0.168 e. The van der Waals surface area contributed by atoms with Crippen molar-refractivity contribution in [1.29, 1.82) is 0 Å². The van der Waals surface area contributed by atoms with Crippen molar-refractivity contribution in [1.82, 2.24) is 19.9 Å². The van der Waals surface area contributed by atoms with Gasteiger partial charge in [0, 0.05) is 111 Å². The minimum Gasteiger partial charge on any atom is -0.494 e. The van der Waals surface area contributed by atoms with Gasteiger partial charge in [-0.05, 0) is 186 Å². The first kappa shape index (κ1) is 85.3. The van der Waals surface area contributed by atoms with Crippen molar-refractivity contribution in [2.45, 2.75) is 210 Å². The van der Waals surface area contributed by atoms with Crippen LogP contribution in [0.5, 0.6) is 11.5 Å². The Labute approximate surface area is 735 Å². The van der Waals surface area contributed by atoms with Crippen LogP contribution in [-0.4, -0.2) is 33.1 Å². The van der Waals surface area contributed by atoms with Crippen LogP contribution in [0.25, 0.3) is 163 Å². The second-order valence-electron chi connectivity index (χ2n) is 33.4. The molecule has 0 saturated carbocycles. The van der Waals surface area contributed by atoms with E-state index in [1.807, 2.05) is 71.2 Å². The summed E-state index contributed by atoms with van der Waals surface area (Å²) in [6, 6.07) is 66.6. The monoisotopic (exact) mass is 1690 g/mol. The molecule has 2 atom stereocenters. The number of unbranched alkanes of at least 4 members (excludes halogenated alkanes) is 12. The van der Waals surface area contributed by atoms with Gasteiger partial charge in [-0.3, -0.25) is 0 Å². The molecule has 2 unspecified atom stereocenters. The summed E-state index contributed by atoms with van der Waals surface area (Å²) in [5, 5.41) is 1.99. The number of benzene rings is 8. The average Bonchev–Trinajstić information content (AvgIpc) is 1.57. The maximum Gasteiger partial charge on any atom is 0.168 e. The van der Waals surface area contributed by atoms with E-state index in [0.717, 1.165) is 199 Å². The van der Waals surface area contributed by atoms with E-state index < -0.39 is 11.6 Å². The molecule has 8 nitrogen and oxygen atoms in total. The fourth-order valence-corrected chi connectivity index (χ4v) is 21.9. The van der Waals surface area contributed by atoms with E-state index in [1.165, 1.54) is 122 Å². The third kappa shape index (κ3) is 18.8. The largest absolute Gasteiger partial charge is 0.494 e. The van der Waals surface area contributed by atoms with Crippen molar-refractivity contribution in [3.8, 4) is 130 Å². The Morgan fingerprint density at radius 2 is 0.730 bits per heavy atom. The quantitative estimate of drug-likeness (QED) is 0.0352. The van der Waals surface area contributed by atoms with Crippen LogP contribution in [0.2, 0.25) is 0 Å². The second-order valence-corrected chi connectivity index (χ2v) is 38.0. The highest BCUT2D eigenvalue weighted by molar-refractivity contribution is 7.19. The Morgan fingerprint density at radius 1 is 0.344 bits per heavy atom. The van der Waals surface area contributed by atoms with E-state index in [-0.39, 0.29) is 11.1 Å². The first-order valence-electron chi connectivity index (χ1n) is 44.8. The number of hydrogen-bond donors (Lipinski definition) is 0. The standard InChI is InChI=1S/C108H112F2N4O4S4/c1-11-17-21-23-25-27-57-115-77-41-31-39-75(64-77)102-100(73-37-29-33-67(7)59-73)113-105-84(46-43-69(9)99(105)111-102)91-55-53-89(121-91)82-48-49-83(98(110)97(82)109)90-54-56-92(122-90)85-50-47-81(104-106(85)114-103(101(112-104)74-38-30-34-68(8)60-74)76-40-32-42-78(65-76)116-58-28-26-24-22-18-12-2)88-66-87-96(94-52-45-80(120-94)63-72(16-6)36-20-14-4)107-86(61-70(10)117-107)95(108(87)118-88)93-51-44-79(119-93)62-71(15-5)35-19-13-3/h29-34,37-56,59-61,64-66,71-72H,11-28,35-36,57-58,62-63H2,1-10H3. The highest BCUT2D eigenvalue weighted by Gasteiger charge is 2.30. The molecule has 0 aliphatic rings. The fraction of sp³-hybridized carbons (Fsp3) is 0.333. The van der Waals surface area contributed by atoms with Crippen LogP contribution >= 0.6 is 45.3 Å². The number of halogens is 2. The number of thiophene rings is 4. The molecule has 16 rings (SSSR count). The van der Waals surface area contributed by atoms with Gasteiger partial charge in [0.15, 0.2) is 11.6 Å². The van der Waals surface area contributed by atoms with E-state index in [1.54, 1.807) is 12.1 Å². The highest BCUT2D eigenvalue weighted by atomic mass is 32.1. The van der Waals surface area contributed by atoms with Crippen LogP contribution in [-0.2, 0) is 12.8 Å². The molecule has 0 bridgehead atoms.